The fraction of sp³-hybridized carbons (Fsp3) is 0.385. The minimum absolute atomic E-state index is 0.0870. The molecule has 1 saturated heterocycles. The van der Waals surface area contributed by atoms with E-state index in [1.165, 1.54) is 28.6 Å². The van der Waals surface area contributed by atoms with Gasteiger partial charge in [-0.2, -0.15) is 0 Å². The number of anilines is 1. The summed E-state index contributed by atoms with van der Waals surface area (Å²) < 4.78 is 0. The zero-order chi connectivity index (χ0) is 22.2. The number of fused-ring (bicyclic) bond motifs is 1. The van der Waals surface area contributed by atoms with Crippen LogP contribution in [0, 0.1) is 0 Å². The van der Waals surface area contributed by atoms with Crippen LogP contribution in [0.25, 0.3) is 6.08 Å². The van der Waals surface area contributed by atoms with E-state index in [1.54, 1.807) is 0 Å². The number of carbonyl (C=O) groups is 1. The van der Waals surface area contributed by atoms with Gasteiger partial charge in [-0.25, -0.2) is 4.99 Å². The summed E-state index contributed by atoms with van der Waals surface area (Å²) in [7, 11) is 0. The predicted molar refractivity (Wildman–Crippen MR) is 133 cm³/mol. The molecular weight excluding hydrogens is 402 g/mol. The van der Waals surface area contributed by atoms with Gasteiger partial charge in [-0.15, -0.1) is 0 Å². The van der Waals surface area contributed by atoms with Gasteiger partial charge in [0.05, 0.1) is 10.6 Å². The Hall–Kier alpha value is -2.53. The van der Waals surface area contributed by atoms with E-state index in [0.717, 1.165) is 30.6 Å². The number of amidine groups is 1. The molecule has 1 atom stereocenters. The van der Waals surface area contributed by atoms with Crippen molar-refractivity contribution in [1.29, 1.82) is 0 Å². The van der Waals surface area contributed by atoms with Crippen molar-refractivity contribution < 1.29 is 4.79 Å². The van der Waals surface area contributed by atoms with Crippen LogP contribution in [-0.4, -0.2) is 23.2 Å². The van der Waals surface area contributed by atoms with E-state index in [-0.39, 0.29) is 11.4 Å². The fourth-order valence-corrected chi connectivity index (χ4v) is 5.59. The van der Waals surface area contributed by atoms with Crippen LogP contribution in [0.1, 0.15) is 63.6 Å². The molecule has 2 aromatic carbocycles. The first-order chi connectivity index (χ1) is 14.8. The first-order valence-electron chi connectivity index (χ1n) is 11.1. The Labute approximate surface area is 189 Å². The zero-order valence-electron chi connectivity index (χ0n) is 19.0. The monoisotopic (exact) mass is 433 g/mol. The number of benzene rings is 2. The second kappa shape index (κ2) is 8.54. The summed E-state index contributed by atoms with van der Waals surface area (Å²) in [5.41, 5.74) is 6.03. The second-order valence-electron chi connectivity index (χ2n) is 8.98. The molecule has 1 N–H and O–H groups in total. The number of rotatable bonds is 4. The summed E-state index contributed by atoms with van der Waals surface area (Å²) in [6.07, 6.45) is 4.10. The predicted octanol–water partition coefficient (Wildman–Crippen LogP) is 6.25. The number of nitrogens with one attached hydrogen (secondary N) is 1. The van der Waals surface area contributed by atoms with Crippen molar-refractivity contribution in [2.24, 2.45) is 4.99 Å². The lowest BCUT2D eigenvalue weighted by Gasteiger charge is -2.47. The van der Waals surface area contributed by atoms with Crippen molar-refractivity contribution in [3.8, 4) is 0 Å². The molecule has 0 bridgehead atoms. The van der Waals surface area contributed by atoms with Crippen LogP contribution in [-0.2, 0) is 11.2 Å². The third kappa shape index (κ3) is 4.42. The molecule has 0 aliphatic carbocycles. The van der Waals surface area contributed by atoms with Gasteiger partial charge in [-0.3, -0.25) is 4.79 Å². The molecule has 0 spiro atoms. The third-order valence-corrected chi connectivity index (χ3v) is 7.16. The standard InChI is InChI=1S/C26H31N3OS/c1-6-18-8-11-20(12-9-18)27-25-28-24(30)23(31-25)15-19-10-13-22-21(14-19)17(3)16-26(4,5)29(22)7-2/h8-15,17H,6-7,16H2,1-5H3,(H,27,28,30)/b23-15-/t17-/m0/s1. The number of hydrogen-bond acceptors (Lipinski definition) is 4. The lowest BCUT2D eigenvalue weighted by Crippen LogP contribution is -2.48. The summed E-state index contributed by atoms with van der Waals surface area (Å²) in [5.74, 6) is 0.399. The Morgan fingerprint density at radius 3 is 2.61 bits per heavy atom. The number of nitrogens with zero attached hydrogens (tertiary/aromatic N) is 2. The van der Waals surface area contributed by atoms with Gasteiger partial charge in [-0.1, -0.05) is 32.0 Å². The smallest absolute Gasteiger partial charge is 0.264 e. The van der Waals surface area contributed by atoms with Crippen LogP contribution >= 0.6 is 11.8 Å². The number of aliphatic imine (C=N–C) groups is 1. The molecule has 1 fully saturated rings. The Balaban J connectivity index is 1.58. The average molecular weight is 434 g/mol. The van der Waals surface area contributed by atoms with Crippen molar-refractivity contribution in [2.75, 3.05) is 11.4 Å². The summed E-state index contributed by atoms with van der Waals surface area (Å²) in [4.78, 5) is 20.3. The van der Waals surface area contributed by atoms with Gasteiger partial charge < -0.3 is 10.2 Å². The van der Waals surface area contributed by atoms with Crippen molar-refractivity contribution in [3.63, 3.8) is 0 Å². The van der Waals surface area contributed by atoms with Gasteiger partial charge in [-0.05, 0) is 98.3 Å². The molecule has 4 nitrogen and oxygen atoms in total. The average Bonchev–Trinajstić information content (AvgIpc) is 3.07. The Kier molecular flexibility index (Phi) is 5.98. The van der Waals surface area contributed by atoms with Crippen molar-refractivity contribution >= 4 is 40.3 Å². The number of aryl methyl sites for hydroxylation is 1. The van der Waals surface area contributed by atoms with Gasteiger partial charge in [0, 0.05) is 17.8 Å². The molecular formula is C26H31N3OS. The maximum atomic E-state index is 12.5. The van der Waals surface area contributed by atoms with E-state index < -0.39 is 0 Å². The first kappa shape index (κ1) is 21.7. The lowest BCUT2D eigenvalue weighted by molar-refractivity contribution is -0.115. The van der Waals surface area contributed by atoms with Crippen LogP contribution in [0.15, 0.2) is 52.4 Å². The van der Waals surface area contributed by atoms with E-state index in [9.17, 15) is 4.79 Å². The summed E-state index contributed by atoms with van der Waals surface area (Å²) in [6, 6.07) is 14.7. The third-order valence-electron chi connectivity index (χ3n) is 6.25. The molecule has 2 aliphatic rings. The van der Waals surface area contributed by atoms with Gasteiger partial charge in [0.25, 0.3) is 5.91 Å². The summed E-state index contributed by atoms with van der Waals surface area (Å²) in [5, 5.41) is 3.53. The molecule has 31 heavy (non-hydrogen) atoms. The number of amides is 1. The highest BCUT2D eigenvalue weighted by atomic mass is 32.2. The highest BCUT2D eigenvalue weighted by Crippen LogP contribution is 2.43. The Bertz CT molecular complexity index is 1050. The molecule has 2 heterocycles. The Morgan fingerprint density at radius 1 is 1.19 bits per heavy atom. The molecule has 2 aromatic rings. The van der Waals surface area contributed by atoms with E-state index >= 15 is 0 Å². The molecule has 0 unspecified atom stereocenters. The van der Waals surface area contributed by atoms with E-state index in [4.69, 9.17) is 0 Å². The van der Waals surface area contributed by atoms with E-state index in [0.29, 0.717) is 16.0 Å². The molecule has 162 valence electrons. The highest BCUT2D eigenvalue weighted by Gasteiger charge is 2.35. The molecule has 4 rings (SSSR count). The van der Waals surface area contributed by atoms with Gasteiger partial charge >= 0.3 is 0 Å². The molecule has 5 heteroatoms. The summed E-state index contributed by atoms with van der Waals surface area (Å²) >= 11 is 1.40. The van der Waals surface area contributed by atoms with Crippen LogP contribution in [0.3, 0.4) is 0 Å². The van der Waals surface area contributed by atoms with Gasteiger partial charge in [0.15, 0.2) is 5.17 Å². The van der Waals surface area contributed by atoms with Crippen molar-refractivity contribution in [2.45, 2.75) is 58.9 Å². The van der Waals surface area contributed by atoms with Crippen LogP contribution in [0.5, 0.6) is 0 Å². The maximum Gasteiger partial charge on any atom is 0.264 e. The quantitative estimate of drug-likeness (QED) is 0.579. The zero-order valence-corrected chi connectivity index (χ0v) is 19.8. The molecule has 1 amide bonds. The minimum Gasteiger partial charge on any atom is -0.366 e. The number of carbonyl (C=O) groups excluding carboxylic acids is 1. The largest absolute Gasteiger partial charge is 0.366 e. The molecule has 2 aliphatic heterocycles. The Morgan fingerprint density at radius 2 is 1.94 bits per heavy atom. The maximum absolute atomic E-state index is 12.5. The number of hydrogen-bond donors (Lipinski definition) is 1. The van der Waals surface area contributed by atoms with Crippen molar-refractivity contribution in [3.05, 3.63) is 64.1 Å². The SMILES string of the molecule is CCc1ccc(N=C2NC(=O)/C(=C/c3ccc4c(c3)[C@@H](C)CC(C)(C)N4CC)S2)cc1. The van der Waals surface area contributed by atoms with Gasteiger partial charge in [0.2, 0.25) is 0 Å². The molecule has 0 saturated carbocycles. The number of thioether (sulfide) groups is 1. The lowest BCUT2D eigenvalue weighted by atomic mass is 9.79. The van der Waals surface area contributed by atoms with Crippen molar-refractivity contribution in [1.82, 2.24) is 5.32 Å². The second-order valence-corrected chi connectivity index (χ2v) is 10.0. The normalized spacial score (nSPS) is 22.7. The van der Waals surface area contributed by atoms with Gasteiger partial charge in [0.1, 0.15) is 0 Å². The molecule has 0 radical (unpaired) electrons. The van der Waals surface area contributed by atoms with E-state index in [2.05, 4.69) is 80.2 Å². The fourth-order valence-electron chi connectivity index (χ4n) is 4.75. The van der Waals surface area contributed by atoms with Crippen LogP contribution in [0.2, 0.25) is 0 Å². The topological polar surface area (TPSA) is 44.7 Å². The van der Waals surface area contributed by atoms with Crippen LogP contribution in [0.4, 0.5) is 11.4 Å². The first-order valence-corrected chi connectivity index (χ1v) is 11.9. The molecule has 0 aromatic heterocycles. The van der Waals surface area contributed by atoms with E-state index in [1.807, 2.05) is 18.2 Å². The highest BCUT2D eigenvalue weighted by molar-refractivity contribution is 8.18. The van der Waals surface area contributed by atoms with Crippen LogP contribution < -0.4 is 10.2 Å². The minimum atomic E-state index is -0.0870. The summed E-state index contributed by atoms with van der Waals surface area (Å²) in [6.45, 7) is 12.3.